The molecule has 0 radical (unpaired) electrons. The number of nitrogens with zero attached hydrogens (tertiary/aromatic N) is 3. The van der Waals surface area contributed by atoms with Crippen LogP contribution in [0.25, 0.3) is 0 Å². The van der Waals surface area contributed by atoms with Gasteiger partial charge in [0.2, 0.25) is 0 Å². The van der Waals surface area contributed by atoms with Gasteiger partial charge in [0.05, 0.1) is 13.1 Å². The third kappa shape index (κ3) is 1.10. The summed E-state index contributed by atoms with van der Waals surface area (Å²) in [7, 11) is 0. The number of alkyl halides is 1. The Hall–Kier alpha value is -0.970. The molecule has 0 bridgehead atoms. The van der Waals surface area contributed by atoms with Gasteiger partial charge in [0.1, 0.15) is 17.8 Å². The number of fused-ring (bicyclic) bond motifs is 1. The molecule has 1 unspecified atom stereocenters. The molecule has 12 heavy (non-hydrogen) atoms. The van der Waals surface area contributed by atoms with Crippen LogP contribution in [0.15, 0.2) is 0 Å². The quantitative estimate of drug-likeness (QED) is 0.646. The van der Waals surface area contributed by atoms with Crippen molar-refractivity contribution in [3.63, 3.8) is 0 Å². The highest BCUT2D eigenvalue weighted by molar-refractivity contribution is 4.99. The first-order valence-corrected chi connectivity index (χ1v) is 4.06. The molecule has 4 nitrogen and oxygen atoms in total. The van der Waals surface area contributed by atoms with E-state index in [9.17, 15) is 4.39 Å². The van der Waals surface area contributed by atoms with Gasteiger partial charge in [-0.15, -0.1) is 10.2 Å². The van der Waals surface area contributed by atoms with Crippen molar-refractivity contribution < 1.29 is 4.39 Å². The van der Waals surface area contributed by atoms with Gasteiger partial charge in [0.15, 0.2) is 0 Å². The summed E-state index contributed by atoms with van der Waals surface area (Å²) in [6.45, 7) is 0.703. The minimum Gasteiger partial charge on any atom is -0.324 e. The molecule has 1 aliphatic rings. The zero-order valence-electron chi connectivity index (χ0n) is 6.70. The van der Waals surface area contributed by atoms with Crippen LogP contribution in [0.1, 0.15) is 18.1 Å². The number of nitrogens with two attached hydrogens (primary N) is 1. The highest BCUT2D eigenvalue weighted by Gasteiger charge is 2.21. The van der Waals surface area contributed by atoms with E-state index >= 15 is 0 Å². The highest BCUT2D eigenvalue weighted by atomic mass is 19.1. The SMILES string of the molecule is NCc1nnc2n1CC(F)CC2. The summed E-state index contributed by atoms with van der Waals surface area (Å²) in [6.07, 6.45) is 0.468. The average molecular weight is 170 g/mol. The summed E-state index contributed by atoms with van der Waals surface area (Å²) in [4.78, 5) is 0. The van der Waals surface area contributed by atoms with Crippen molar-refractivity contribution >= 4 is 0 Å². The molecule has 0 spiro atoms. The summed E-state index contributed by atoms with van der Waals surface area (Å²) in [5.74, 6) is 1.55. The van der Waals surface area contributed by atoms with Crippen LogP contribution < -0.4 is 5.73 Å². The first-order valence-electron chi connectivity index (χ1n) is 4.06. The van der Waals surface area contributed by atoms with Gasteiger partial charge in [0.25, 0.3) is 0 Å². The Bertz CT molecular complexity index is 269. The van der Waals surface area contributed by atoms with Crippen LogP contribution in [0, 0.1) is 0 Å². The Labute approximate surface area is 69.6 Å². The first kappa shape index (κ1) is 7.67. The Balaban J connectivity index is 2.34. The van der Waals surface area contributed by atoms with Gasteiger partial charge >= 0.3 is 0 Å². The van der Waals surface area contributed by atoms with Gasteiger partial charge in [-0.2, -0.15) is 0 Å². The largest absolute Gasteiger partial charge is 0.324 e. The molecule has 1 aliphatic heterocycles. The van der Waals surface area contributed by atoms with Crippen LogP contribution in [-0.4, -0.2) is 20.9 Å². The van der Waals surface area contributed by atoms with Crippen LogP contribution >= 0.6 is 0 Å². The van der Waals surface area contributed by atoms with Gasteiger partial charge in [-0.25, -0.2) is 4.39 Å². The van der Waals surface area contributed by atoms with Crippen molar-refractivity contribution in [1.82, 2.24) is 14.8 Å². The Morgan fingerprint density at radius 2 is 2.42 bits per heavy atom. The lowest BCUT2D eigenvalue weighted by molar-refractivity contribution is 0.250. The molecule has 1 atom stereocenters. The maximum absolute atomic E-state index is 12.9. The fraction of sp³-hybridized carbons (Fsp3) is 0.714. The fourth-order valence-corrected chi connectivity index (χ4v) is 1.49. The van der Waals surface area contributed by atoms with E-state index < -0.39 is 6.17 Å². The standard InChI is InChI=1S/C7H11FN4/c8-5-1-2-6-10-11-7(3-9)12(6)4-5/h5H,1-4,9H2. The molecule has 0 saturated heterocycles. The number of hydrogen-bond acceptors (Lipinski definition) is 3. The maximum Gasteiger partial charge on any atom is 0.146 e. The summed E-state index contributed by atoms with van der Waals surface area (Å²) < 4.78 is 14.7. The molecule has 2 heterocycles. The second-order valence-electron chi connectivity index (χ2n) is 2.98. The Morgan fingerprint density at radius 1 is 1.58 bits per heavy atom. The van der Waals surface area contributed by atoms with Gasteiger partial charge in [0, 0.05) is 6.42 Å². The summed E-state index contributed by atoms with van der Waals surface area (Å²) in [5.41, 5.74) is 5.42. The van der Waals surface area contributed by atoms with E-state index in [0.717, 1.165) is 5.82 Å². The van der Waals surface area contributed by atoms with Crippen LogP contribution in [-0.2, 0) is 19.5 Å². The van der Waals surface area contributed by atoms with Crippen molar-refractivity contribution in [3.05, 3.63) is 11.6 Å². The van der Waals surface area contributed by atoms with Crippen LogP contribution in [0.3, 0.4) is 0 Å². The molecule has 5 heteroatoms. The third-order valence-corrected chi connectivity index (χ3v) is 2.15. The van der Waals surface area contributed by atoms with Gasteiger partial charge < -0.3 is 10.3 Å². The number of aromatic nitrogens is 3. The molecule has 0 aliphatic carbocycles. The molecule has 1 aromatic heterocycles. The molecule has 1 aromatic rings. The molecule has 0 saturated carbocycles. The van der Waals surface area contributed by atoms with Gasteiger partial charge in [-0.05, 0) is 6.42 Å². The topological polar surface area (TPSA) is 56.7 Å². The van der Waals surface area contributed by atoms with Crippen LogP contribution in [0.2, 0.25) is 0 Å². The third-order valence-electron chi connectivity index (χ3n) is 2.15. The molecule has 0 fully saturated rings. The van der Waals surface area contributed by atoms with Crippen LogP contribution in [0.4, 0.5) is 4.39 Å². The van der Waals surface area contributed by atoms with E-state index in [4.69, 9.17) is 5.73 Å². The molecule has 0 amide bonds. The lowest BCUT2D eigenvalue weighted by Crippen LogP contribution is -2.23. The zero-order valence-corrected chi connectivity index (χ0v) is 6.70. The van der Waals surface area contributed by atoms with E-state index in [2.05, 4.69) is 10.2 Å². The van der Waals surface area contributed by atoms with E-state index in [1.54, 1.807) is 4.57 Å². The molecule has 2 N–H and O–H groups in total. The predicted molar refractivity (Wildman–Crippen MR) is 41.1 cm³/mol. The normalized spacial score (nSPS) is 22.3. The maximum atomic E-state index is 12.9. The van der Waals surface area contributed by atoms with Gasteiger partial charge in [-0.1, -0.05) is 0 Å². The number of aryl methyl sites for hydroxylation is 1. The predicted octanol–water partition coefficient (Wildman–Crippen LogP) is 0.0211. The van der Waals surface area contributed by atoms with Gasteiger partial charge in [-0.3, -0.25) is 0 Å². The van der Waals surface area contributed by atoms with Crippen molar-refractivity contribution in [2.45, 2.75) is 32.1 Å². The average Bonchev–Trinajstić information content (AvgIpc) is 2.46. The Morgan fingerprint density at radius 3 is 3.17 bits per heavy atom. The Kier molecular flexibility index (Phi) is 1.80. The van der Waals surface area contributed by atoms with E-state index in [1.807, 2.05) is 0 Å². The fourth-order valence-electron chi connectivity index (χ4n) is 1.49. The summed E-state index contributed by atoms with van der Waals surface area (Å²) in [5, 5.41) is 7.80. The molecular weight excluding hydrogens is 159 g/mol. The number of halogens is 1. The van der Waals surface area contributed by atoms with E-state index in [1.165, 1.54) is 0 Å². The monoisotopic (exact) mass is 170 g/mol. The summed E-state index contributed by atoms with van der Waals surface area (Å²) >= 11 is 0. The van der Waals surface area contributed by atoms with Crippen molar-refractivity contribution in [3.8, 4) is 0 Å². The van der Waals surface area contributed by atoms with E-state index in [0.29, 0.717) is 31.8 Å². The minimum atomic E-state index is -0.765. The van der Waals surface area contributed by atoms with Crippen molar-refractivity contribution in [2.75, 3.05) is 0 Å². The smallest absolute Gasteiger partial charge is 0.146 e. The van der Waals surface area contributed by atoms with Crippen LogP contribution in [0.5, 0.6) is 0 Å². The second-order valence-corrected chi connectivity index (χ2v) is 2.98. The molecule has 2 rings (SSSR count). The molecule has 66 valence electrons. The lowest BCUT2D eigenvalue weighted by atomic mass is 10.1. The first-order chi connectivity index (χ1) is 5.81. The summed E-state index contributed by atoms with van der Waals surface area (Å²) in [6, 6.07) is 0. The number of hydrogen-bond donors (Lipinski definition) is 1. The number of rotatable bonds is 1. The second kappa shape index (κ2) is 2.82. The van der Waals surface area contributed by atoms with Crippen molar-refractivity contribution in [1.29, 1.82) is 0 Å². The van der Waals surface area contributed by atoms with Crippen molar-refractivity contribution in [2.24, 2.45) is 5.73 Å². The lowest BCUT2D eigenvalue weighted by Gasteiger charge is -2.17. The zero-order chi connectivity index (χ0) is 8.55. The molecule has 0 aromatic carbocycles. The van der Waals surface area contributed by atoms with E-state index in [-0.39, 0.29) is 0 Å². The highest BCUT2D eigenvalue weighted by Crippen LogP contribution is 2.16. The minimum absolute atomic E-state index is 0.333. The molecular formula is C7H11FN4.